The average molecular weight is 1010 g/mol. The van der Waals surface area contributed by atoms with Gasteiger partial charge in [-0.1, -0.05) is 0 Å². The summed E-state index contributed by atoms with van der Waals surface area (Å²) in [4.78, 5) is 24.2. The van der Waals surface area contributed by atoms with E-state index in [1.54, 1.807) is 0 Å². The Morgan fingerprint density at radius 1 is 0.667 bits per heavy atom. The molecule has 0 aromatic carbocycles. The third-order valence-corrected chi connectivity index (χ3v) is 10.8. The number of rotatable bonds is 18. The highest BCUT2D eigenvalue weighted by atomic mass is 32.3. The van der Waals surface area contributed by atoms with Crippen LogP contribution in [-0.4, -0.2) is 233 Å². The summed E-state index contributed by atoms with van der Waals surface area (Å²) in [7, 11) is -22.4. The fourth-order valence-electron chi connectivity index (χ4n) is 6.25. The molecule has 16 N–H and O–H groups in total. The van der Waals surface area contributed by atoms with Gasteiger partial charge in [-0.15, -0.1) is 0 Å². The van der Waals surface area contributed by atoms with E-state index in [-0.39, 0.29) is 0 Å². The molecule has 0 saturated carbocycles. The fraction of sp³-hybridized carbons (Fsp3) is 0.833. The maximum absolute atomic E-state index is 12.5. The zero-order valence-electron chi connectivity index (χ0n) is 30.5. The van der Waals surface area contributed by atoms with E-state index in [9.17, 15) is 107 Å². The predicted molar refractivity (Wildman–Crippen MR) is 181 cm³/mol. The van der Waals surface area contributed by atoms with Crippen molar-refractivity contribution in [3.8, 4) is 0 Å². The summed E-state index contributed by atoms with van der Waals surface area (Å²) in [5, 5.41) is 93.4. The normalized spacial score (nSPS) is 39.7. The van der Waals surface area contributed by atoms with E-state index in [2.05, 4.69) is 12.5 Å². The number of aliphatic hydroxyl groups is 7. The van der Waals surface area contributed by atoms with E-state index < -0.39 is 189 Å². The molecule has 0 radical (unpaired) electrons. The van der Waals surface area contributed by atoms with Gasteiger partial charge in [-0.25, -0.2) is 22.1 Å². The second-order valence-corrected chi connectivity index (χ2v) is 17.5. The van der Waals surface area contributed by atoms with Crippen LogP contribution in [0.5, 0.6) is 0 Å². The first-order valence-electron chi connectivity index (χ1n) is 16.7. The van der Waals surface area contributed by atoms with Gasteiger partial charge in [0, 0.05) is 0 Å². The second kappa shape index (κ2) is 20.0. The summed E-state index contributed by atoms with van der Waals surface area (Å²) in [5.41, 5.74) is 5.69. The SMILES string of the molecule is N[C@@H]1[C@@H](OS(=O)(=O)O)[C@H](O[C@@H]2O[C@H](C(=O)O)[C@@H](O[C@H]3O[C@H](COS(=O)(=O)O)[C@@H](O[C@@H]4OC(C(=O)O)=C(O)[C@H](O)[C@H]4OS(=O)(=O)O)[C@H](O)[C@H]3NS(=O)(=O)O)[C@H](O)[C@H]2O)[C@@H](CO)O[C@@H]1O. The van der Waals surface area contributed by atoms with Crippen molar-refractivity contribution in [2.24, 2.45) is 5.73 Å². The topological polar surface area (TPSA) is 564 Å². The van der Waals surface area contributed by atoms with Crippen molar-refractivity contribution in [1.82, 2.24) is 4.72 Å². The highest BCUT2D eigenvalue weighted by molar-refractivity contribution is 7.83. The molecule has 4 rings (SSSR count). The number of carbonyl (C=O) groups is 2. The summed E-state index contributed by atoms with van der Waals surface area (Å²) in [6.07, 6.45) is -40.5. The molecule has 0 aliphatic carbocycles. The maximum atomic E-state index is 12.5. The third kappa shape index (κ3) is 13.4. The van der Waals surface area contributed by atoms with Crippen LogP contribution in [0.15, 0.2) is 11.5 Å². The lowest BCUT2D eigenvalue weighted by Gasteiger charge is -2.49. The third-order valence-electron chi connectivity index (χ3n) is 8.88. The molecular weight excluding hydrogens is 973 g/mol. The molecule has 39 heteroatoms. The van der Waals surface area contributed by atoms with Gasteiger partial charge in [0.2, 0.25) is 12.0 Å². The molecule has 35 nitrogen and oxygen atoms in total. The van der Waals surface area contributed by atoms with Crippen LogP contribution in [-0.2, 0) is 96.8 Å². The van der Waals surface area contributed by atoms with Crippen molar-refractivity contribution < 1.29 is 153 Å². The standard InChI is InChI=1S/C24H38N2O33S4/c25-5-14(58-62(44,45)46)13(3(1-27)51-21(5)37)54-23-11(32)10(31)15(18(57-23)20(35)36)55-22-6(26-60(38,39)40)7(28)12(4(52-22)2-50-61(41,42)43)53-24-17(59-63(47,48)49)9(30)8(29)16(56-24)19(33)34/h3-7,9-15,17-18,21-24,26-32,37H,1-2,25H2,(H,33,34)(H,35,36)(H,38,39,40)(H,41,42,43)(H,44,45,46)(H,47,48,49)/t3-,4-,5-,6-,7-,9+,10-,11-,12-,13-,14-,15+,17-,18+,21+,22-,23-,24-/m1/s1. The minimum absolute atomic E-state index is 1.17. The van der Waals surface area contributed by atoms with Gasteiger partial charge in [0.05, 0.1) is 19.3 Å². The highest BCUT2D eigenvalue weighted by Gasteiger charge is 2.58. The first-order valence-corrected chi connectivity index (χ1v) is 22.2. The van der Waals surface area contributed by atoms with Crippen LogP contribution in [0.3, 0.4) is 0 Å². The van der Waals surface area contributed by atoms with E-state index >= 15 is 0 Å². The summed E-state index contributed by atoms with van der Waals surface area (Å²) in [6, 6.07) is -4.61. The Balaban J connectivity index is 1.72. The Morgan fingerprint density at radius 3 is 1.73 bits per heavy atom. The fourth-order valence-corrected chi connectivity index (χ4v) is 8.15. The van der Waals surface area contributed by atoms with Crippen molar-refractivity contribution in [3.05, 3.63) is 11.5 Å². The number of hydrogen-bond acceptors (Lipinski definition) is 28. The first kappa shape index (κ1) is 52.9. The van der Waals surface area contributed by atoms with Crippen LogP contribution in [0.2, 0.25) is 0 Å². The molecule has 4 aliphatic rings. The van der Waals surface area contributed by atoms with Crippen molar-refractivity contribution in [2.75, 3.05) is 13.2 Å². The van der Waals surface area contributed by atoms with Gasteiger partial charge in [-0.2, -0.15) is 38.4 Å². The first-order chi connectivity index (χ1) is 28.7. The summed E-state index contributed by atoms with van der Waals surface area (Å²) >= 11 is 0. The van der Waals surface area contributed by atoms with Gasteiger partial charge in [0.1, 0.15) is 67.1 Å². The molecule has 63 heavy (non-hydrogen) atoms. The van der Waals surface area contributed by atoms with E-state index in [0.29, 0.717) is 0 Å². The lowest BCUT2D eigenvalue weighted by Crippen LogP contribution is -2.70. The molecule has 0 bridgehead atoms. The predicted octanol–water partition coefficient (Wildman–Crippen LogP) is -9.68. The van der Waals surface area contributed by atoms with E-state index in [0.717, 1.165) is 0 Å². The van der Waals surface area contributed by atoms with Crippen LogP contribution in [0.1, 0.15) is 0 Å². The Kier molecular flexibility index (Phi) is 16.8. The van der Waals surface area contributed by atoms with Crippen LogP contribution in [0, 0.1) is 0 Å². The number of carboxylic acids is 2. The molecule has 0 aromatic rings. The number of aliphatic hydroxyl groups excluding tert-OH is 7. The summed E-state index contributed by atoms with van der Waals surface area (Å²) < 4.78 is 181. The summed E-state index contributed by atoms with van der Waals surface area (Å²) in [5.74, 6) is -7.65. The van der Waals surface area contributed by atoms with Crippen LogP contribution in [0.25, 0.3) is 0 Å². The highest BCUT2D eigenvalue weighted by Crippen LogP contribution is 2.36. The smallest absolute Gasteiger partial charge is 0.397 e. The van der Waals surface area contributed by atoms with Gasteiger partial charge in [0.25, 0.3) is 0 Å². The van der Waals surface area contributed by atoms with Crippen LogP contribution in [0.4, 0.5) is 0 Å². The number of carboxylic acid groups (broad SMARTS) is 2. The van der Waals surface area contributed by atoms with Gasteiger partial charge in [-0.05, 0) is 0 Å². The van der Waals surface area contributed by atoms with Gasteiger partial charge >= 0.3 is 53.4 Å². The Morgan fingerprint density at radius 2 is 1.22 bits per heavy atom. The quantitative estimate of drug-likeness (QED) is 0.0567. The Hall–Kier alpha value is -2.76. The maximum Gasteiger partial charge on any atom is 0.397 e. The molecule has 0 amide bonds. The Labute approximate surface area is 351 Å². The van der Waals surface area contributed by atoms with Crippen LogP contribution >= 0.6 is 0 Å². The molecule has 3 fully saturated rings. The van der Waals surface area contributed by atoms with E-state index in [4.69, 9.17) is 38.9 Å². The van der Waals surface area contributed by atoms with Crippen molar-refractivity contribution >= 4 is 53.4 Å². The molecule has 4 aliphatic heterocycles. The number of aliphatic carboxylic acids is 2. The molecule has 366 valence electrons. The van der Waals surface area contributed by atoms with Gasteiger partial charge < -0.3 is 84.9 Å². The molecule has 3 saturated heterocycles. The zero-order valence-corrected chi connectivity index (χ0v) is 33.8. The molecule has 0 spiro atoms. The molecular formula is C24H38N2O33S4. The van der Waals surface area contributed by atoms with Gasteiger partial charge in [-0.3, -0.25) is 18.2 Å². The number of hydrogen-bond donors (Lipinski definition) is 15. The largest absolute Gasteiger partial charge is 0.506 e. The van der Waals surface area contributed by atoms with Gasteiger partial charge in [0.15, 0.2) is 36.8 Å². The molecule has 0 aromatic heterocycles. The lowest BCUT2D eigenvalue weighted by atomic mass is 9.95. The van der Waals surface area contributed by atoms with Crippen molar-refractivity contribution in [3.63, 3.8) is 0 Å². The number of ether oxygens (including phenoxy) is 7. The zero-order chi connectivity index (χ0) is 47.9. The monoisotopic (exact) mass is 1010 g/mol. The average Bonchev–Trinajstić information content (AvgIpc) is 3.13. The minimum Gasteiger partial charge on any atom is -0.506 e. The van der Waals surface area contributed by atoms with Crippen LogP contribution < -0.4 is 10.5 Å². The van der Waals surface area contributed by atoms with Crippen molar-refractivity contribution in [1.29, 1.82) is 0 Å². The summed E-state index contributed by atoms with van der Waals surface area (Å²) in [6.45, 7) is -2.80. The molecule has 0 unspecified atom stereocenters. The number of nitrogens with one attached hydrogen (secondary N) is 1. The minimum atomic E-state index is -5.72. The van der Waals surface area contributed by atoms with E-state index in [1.807, 2.05) is 0 Å². The van der Waals surface area contributed by atoms with E-state index in [1.165, 1.54) is 4.72 Å². The lowest BCUT2D eigenvalue weighted by molar-refractivity contribution is -0.364. The Bertz CT molecular complexity index is 2140. The number of nitrogens with two attached hydrogens (primary N) is 1. The van der Waals surface area contributed by atoms with Crippen molar-refractivity contribution in [2.45, 2.75) is 110 Å². The molecule has 18 atom stereocenters. The molecule has 4 heterocycles. The second-order valence-electron chi connectivity index (χ2n) is 13.2.